The lowest BCUT2D eigenvalue weighted by Crippen LogP contribution is -2.38. The van der Waals surface area contributed by atoms with Gasteiger partial charge >= 0.3 is 0 Å². The van der Waals surface area contributed by atoms with Crippen molar-refractivity contribution in [2.45, 2.75) is 51.6 Å². The number of hydrogen-bond acceptors (Lipinski definition) is 3. The number of nitrogens with one attached hydrogen (secondary N) is 1. The summed E-state index contributed by atoms with van der Waals surface area (Å²) < 4.78 is 5.23. The van der Waals surface area contributed by atoms with E-state index in [1.807, 2.05) is 6.07 Å². The first-order valence-corrected chi connectivity index (χ1v) is 7.24. The minimum atomic E-state index is 0.139. The molecule has 106 valence electrons. The Labute approximate surface area is 116 Å². The van der Waals surface area contributed by atoms with Gasteiger partial charge in [0.1, 0.15) is 11.5 Å². The van der Waals surface area contributed by atoms with Gasteiger partial charge in [-0.3, -0.25) is 0 Å². The Bertz CT molecular complexity index is 419. The molecule has 2 N–H and O–H groups in total. The summed E-state index contributed by atoms with van der Waals surface area (Å²) in [5, 5.41) is 13.7. The molecule has 0 spiro atoms. The molecule has 1 aromatic carbocycles. The Balaban J connectivity index is 2.08. The van der Waals surface area contributed by atoms with Crippen molar-refractivity contribution in [2.24, 2.45) is 5.92 Å². The van der Waals surface area contributed by atoms with E-state index < -0.39 is 0 Å². The Morgan fingerprint density at radius 1 is 1.32 bits per heavy atom. The van der Waals surface area contributed by atoms with E-state index in [2.05, 4.69) is 19.2 Å². The fourth-order valence-corrected chi connectivity index (χ4v) is 2.98. The molecule has 2 rings (SSSR count). The molecule has 0 aliphatic heterocycles. The highest BCUT2D eigenvalue weighted by molar-refractivity contribution is 5.41. The van der Waals surface area contributed by atoms with Crippen molar-refractivity contribution in [3.63, 3.8) is 0 Å². The molecule has 1 aromatic rings. The lowest BCUT2D eigenvalue weighted by Gasteiger charge is -2.32. The van der Waals surface area contributed by atoms with Crippen LogP contribution in [0.25, 0.3) is 0 Å². The van der Waals surface area contributed by atoms with Gasteiger partial charge in [0.05, 0.1) is 7.11 Å². The number of phenols is 1. The summed E-state index contributed by atoms with van der Waals surface area (Å²) in [6.45, 7) is 4.42. The molecular weight excluding hydrogens is 238 g/mol. The molecule has 3 nitrogen and oxygen atoms in total. The molecule has 3 unspecified atom stereocenters. The minimum Gasteiger partial charge on any atom is -0.508 e. The summed E-state index contributed by atoms with van der Waals surface area (Å²) in [6.07, 6.45) is 5.18. The maximum absolute atomic E-state index is 10.0. The normalized spacial score (nSPS) is 25.0. The second-order valence-corrected chi connectivity index (χ2v) is 5.68. The van der Waals surface area contributed by atoms with Crippen LogP contribution >= 0.6 is 0 Å². The van der Waals surface area contributed by atoms with Gasteiger partial charge in [-0.2, -0.15) is 0 Å². The van der Waals surface area contributed by atoms with Gasteiger partial charge in [0.25, 0.3) is 0 Å². The molecule has 0 aromatic heterocycles. The van der Waals surface area contributed by atoms with E-state index in [4.69, 9.17) is 4.74 Å². The van der Waals surface area contributed by atoms with E-state index in [0.717, 1.165) is 11.3 Å². The van der Waals surface area contributed by atoms with Crippen molar-refractivity contribution in [3.8, 4) is 11.5 Å². The van der Waals surface area contributed by atoms with Gasteiger partial charge in [0, 0.05) is 17.6 Å². The molecule has 19 heavy (non-hydrogen) atoms. The maximum atomic E-state index is 10.0. The van der Waals surface area contributed by atoms with Crippen LogP contribution in [0.3, 0.4) is 0 Å². The molecule has 1 aliphatic carbocycles. The molecule has 1 fully saturated rings. The van der Waals surface area contributed by atoms with Crippen LogP contribution in [0.5, 0.6) is 11.5 Å². The van der Waals surface area contributed by atoms with Crippen LogP contribution in [0, 0.1) is 5.92 Å². The summed E-state index contributed by atoms with van der Waals surface area (Å²) in [5.74, 6) is 1.84. The second-order valence-electron chi connectivity index (χ2n) is 5.68. The molecule has 1 aliphatic rings. The standard InChI is InChI=1S/C16H25NO2/c1-11-6-4-5-7-15(11)17-12(2)14-10-13(19-3)8-9-16(14)18/h8-12,15,17-18H,4-7H2,1-3H3. The first-order valence-electron chi connectivity index (χ1n) is 7.24. The van der Waals surface area contributed by atoms with Crippen LogP contribution in [-0.2, 0) is 0 Å². The molecule has 0 radical (unpaired) electrons. The average molecular weight is 263 g/mol. The van der Waals surface area contributed by atoms with Crippen LogP contribution in [-0.4, -0.2) is 18.3 Å². The average Bonchev–Trinajstić information content (AvgIpc) is 2.42. The lowest BCUT2D eigenvalue weighted by atomic mass is 9.85. The van der Waals surface area contributed by atoms with Crippen molar-refractivity contribution < 1.29 is 9.84 Å². The Morgan fingerprint density at radius 3 is 2.74 bits per heavy atom. The zero-order chi connectivity index (χ0) is 13.8. The molecule has 0 bridgehead atoms. The minimum absolute atomic E-state index is 0.139. The smallest absolute Gasteiger partial charge is 0.120 e. The summed E-state index contributed by atoms with van der Waals surface area (Å²) >= 11 is 0. The highest BCUT2D eigenvalue weighted by atomic mass is 16.5. The first-order chi connectivity index (χ1) is 9.11. The van der Waals surface area contributed by atoms with Gasteiger partial charge in [-0.25, -0.2) is 0 Å². The van der Waals surface area contributed by atoms with Gasteiger partial charge in [-0.05, 0) is 43.9 Å². The molecule has 0 heterocycles. The summed E-state index contributed by atoms with van der Waals surface area (Å²) in [4.78, 5) is 0. The van der Waals surface area contributed by atoms with Gasteiger partial charge in [0.15, 0.2) is 0 Å². The number of ether oxygens (including phenoxy) is 1. The maximum Gasteiger partial charge on any atom is 0.120 e. The molecule has 0 saturated heterocycles. The monoisotopic (exact) mass is 263 g/mol. The van der Waals surface area contributed by atoms with E-state index in [0.29, 0.717) is 17.7 Å². The van der Waals surface area contributed by atoms with Gasteiger partial charge in [0.2, 0.25) is 0 Å². The van der Waals surface area contributed by atoms with E-state index in [9.17, 15) is 5.11 Å². The van der Waals surface area contributed by atoms with Gasteiger partial charge in [-0.15, -0.1) is 0 Å². The van der Waals surface area contributed by atoms with Crippen LogP contribution in [0.2, 0.25) is 0 Å². The number of benzene rings is 1. The third-order valence-electron chi connectivity index (χ3n) is 4.28. The molecular formula is C16H25NO2. The van der Waals surface area contributed by atoms with Crippen molar-refractivity contribution >= 4 is 0 Å². The zero-order valence-electron chi connectivity index (χ0n) is 12.1. The molecule has 3 heteroatoms. The largest absolute Gasteiger partial charge is 0.508 e. The van der Waals surface area contributed by atoms with Crippen LogP contribution in [0.15, 0.2) is 18.2 Å². The van der Waals surface area contributed by atoms with Gasteiger partial charge in [-0.1, -0.05) is 19.8 Å². The van der Waals surface area contributed by atoms with Crippen LogP contribution in [0.1, 0.15) is 51.1 Å². The predicted molar refractivity (Wildman–Crippen MR) is 77.6 cm³/mol. The summed E-state index contributed by atoms with van der Waals surface area (Å²) in [5.41, 5.74) is 0.914. The SMILES string of the molecule is COc1ccc(O)c(C(C)NC2CCCCC2C)c1. The van der Waals surface area contributed by atoms with E-state index in [1.54, 1.807) is 19.2 Å². The lowest BCUT2D eigenvalue weighted by molar-refractivity contribution is 0.261. The number of hydrogen-bond donors (Lipinski definition) is 2. The number of methoxy groups -OCH3 is 1. The second kappa shape index (κ2) is 6.29. The molecule has 1 saturated carbocycles. The van der Waals surface area contributed by atoms with Crippen LogP contribution in [0.4, 0.5) is 0 Å². The summed E-state index contributed by atoms with van der Waals surface area (Å²) in [6, 6.07) is 6.10. The zero-order valence-corrected chi connectivity index (χ0v) is 12.1. The van der Waals surface area contributed by atoms with Crippen molar-refractivity contribution in [3.05, 3.63) is 23.8 Å². The Hall–Kier alpha value is -1.22. The highest BCUT2D eigenvalue weighted by Gasteiger charge is 2.23. The number of phenolic OH excluding ortho intramolecular Hbond substituents is 1. The Kier molecular flexibility index (Phi) is 4.70. The Morgan fingerprint density at radius 2 is 2.05 bits per heavy atom. The van der Waals surface area contributed by atoms with Crippen molar-refractivity contribution in [2.75, 3.05) is 7.11 Å². The van der Waals surface area contributed by atoms with E-state index in [1.165, 1.54) is 25.7 Å². The van der Waals surface area contributed by atoms with Crippen molar-refractivity contribution in [1.29, 1.82) is 0 Å². The van der Waals surface area contributed by atoms with E-state index in [-0.39, 0.29) is 6.04 Å². The number of aromatic hydroxyl groups is 1. The number of rotatable bonds is 4. The fraction of sp³-hybridized carbons (Fsp3) is 0.625. The quantitative estimate of drug-likeness (QED) is 0.871. The fourth-order valence-electron chi connectivity index (χ4n) is 2.98. The van der Waals surface area contributed by atoms with Crippen LogP contribution < -0.4 is 10.1 Å². The summed E-state index contributed by atoms with van der Waals surface area (Å²) in [7, 11) is 1.65. The third-order valence-corrected chi connectivity index (χ3v) is 4.28. The third kappa shape index (κ3) is 3.41. The first kappa shape index (κ1) is 14.2. The topological polar surface area (TPSA) is 41.5 Å². The van der Waals surface area contributed by atoms with E-state index >= 15 is 0 Å². The highest BCUT2D eigenvalue weighted by Crippen LogP contribution is 2.31. The molecule has 3 atom stereocenters. The van der Waals surface area contributed by atoms with Gasteiger partial charge < -0.3 is 15.2 Å². The molecule has 0 amide bonds. The predicted octanol–water partition coefficient (Wildman–Crippen LogP) is 3.63. The van der Waals surface area contributed by atoms with Crippen molar-refractivity contribution in [1.82, 2.24) is 5.32 Å².